The zero-order chi connectivity index (χ0) is 20.4. The van der Waals surface area contributed by atoms with E-state index in [1.54, 1.807) is 10.8 Å². The van der Waals surface area contributed by atoms with Crippen LogP contribution in [-0.2, 0) is 17.8 Å². The number of fused-ring (bicyclic) bond motifs is 1. The van der Waals surface area contributed by atoms with Gasteiger partial charge in [0.05, 0.1) is 5.69 Å². The molecular formula is C20H28N8O. The van der Waals surface area contributed by atoms with Crippen LogP contribution in [0.5, 0.6) is 0 Å². The number of anilines is 1. The second-order valence-corrected chi connectivity index (χ2v) is 7.59. The van der Waals surface area contributed by atoms with Crippen molar-refractivity contribution in [1.29, 1.82) is 0 Å². The molecule has 0 saturated carbocycles. The Balaban J connectivity index is 1.27. The number of nitrogens with zero attached hydrogens (tertiary/aromatic N) is 7. The van der Waals surface area contributed by atoms with Gasteiger partial charge in [0.25, 0.3) is 0 Å². The van der Waals surface area contributed by atoms with Gasteiger partial charge in [-0.05, 0) is 57.7 Å². The lowest BCUT2D eigenvalue weighted by molar-refractivity contribution is -0.125. The maximum atomic E-state index is 12.6. The molecule has 0 bridgehead atoms. The van der Waals surface area contributed by atoms with Crippen LogP contribution < -0.4 is 10.2 Å². The maximum absolute atomic E-state index is 12.6. The van der Waals surface area contributed by atoms with E-state index >= 15 is 0 Å². The minimum atomic E-state index is 0.0606. The number of amides is 1. The van der Waals surface area contributed by atoms with E-state index in [1.807, 2.05) is 23.7 Å². The molecule has 0 aliphatic carbocycles. The third-order valence-electron chi connectivity index (χ3n) is 5.84. The van der Waals surface area contributed by atoms with Crippen molar-refractivity contribution in [3.05, 3.63) is 35.4 Å². The van der Waals surface area contributed by atoms with E-state index < -0.39 is 0 Å². The Kier molecular flexibility index (Phi) is 5.46. The summed E-state index contributed by atoms with van der Waals surface area (Å²) < 4.78 is 3.70. The molecule has 1 N–H and O–H groups in total. The Morgan fingerprint density at radius 2 is 2.00 bits per heavy atom. The fourth-order valence-corrected chi connectivity index (χ4v) is 4.12. The van der Waals surface area contributed by atoms with Crippen molar-refractivity contribution < 1.29 is 4.79 Å². The number of hydrogen-bond acceptors (Lipinski definition) is 6. The first-order valence-corrected chi connectivity index (χ1v) is 10.3. The van der Waals surface area contributed by atoms with Crippen molar-refractivity contribution in [2.75, 3.05) is 24.5 Å². The average molecular weight is 396 g/mol. The molecule has 4 rings (SSSR count). The van der Waals surface area contributed by atoms with Gasteiger partial charge in [0.1, 0.15) is 12.1 Å². The van der Waals surface area contributed by atoms with E-state index in [0.717, 1.165) is 56.1 Å². The Hall–Kier alpha value is -2.97. The monoisotopic (exact) mass is 396 g/mol. The normalized spacial score (nSPS) is 15.2. The number of rotatable bonds is 6. The van der Waals surface area contributed by atoms with E-state index in [4.69, 9.17) is 0 Å². The van der Waals surface area contributed by atoms with E-state index in [2.05, 4.69) is 44.5 Å². The molecule has 1 fully saturated rings. The van der Waals surface area contributed by atoms with Crippen LogP contribution in [0.3, 0.4) is 0 Å². The van der Waals surface area contributed by atoms with Crippen LogP contribution >= 0.6 is 0 Å². The number of carbonyl (C=O) groups excluding carboxylic acids is 1. The molecule has 9 nitrogen and oxygen atoms in total. The summed E-state index contributed by atoms with van der Waals surface area (Å²) in [5.41, 5.74) is 4.24. The standard InChI is InChI=1S/C20H28N8O/c1-4-27-15(3)17(14(2)24-27)7-10-21-20(29)16-8-11-26(12-9-16)19-6-5-18-23-22-13-28(18)25-19/h5-6,13,16H,4,7-12H2,1-3H3,(H,21,29). The van der Waals surface area contributed by atoms with Crippen molar-refractivity contribution in [2.45, 2.75) is 46.6 Å². The van der Waals surface area contributed by atoms with Crippen LogP contribution in [0.2, 0.25) is 0 Å². The lowest BCUT2D eigenvalue weighted by atomic mass is 9.96. The van der Waals surface area contributed by atoms with Gasteiger partial charge in [0, 0.05) is 37.8 Å². The second kappa shape index (κ2) is 8.18. The summed E-state index contributed by atoms with van der Waals surface area (Å²) in [4.78, 5) is 14.8. The Morgan fingerprint density at radius 3 is 2.72 bits per heavy atom. The molecule has 1 saturated heterocycles. The van der Waals surface area contributed by atoms with E-state index in [1.165, 1.54) is 11.3 Å². The highest BCUT2D eigenvalue weighted by atomic mass is 16.1. The largest absolute Gasteiger partial charge is 0.356 e. The Labute approximate surface area is 170 Å². The molecule has 9 heteroatoms. The summed E-state index contributed by atoms with van der Waals surface area (Å²) in [6.45, 7) is 9.40. The predicted molar refractivity (Wildman–Crippen MR) is 110 cm³/mol. The van der Waals surface area contributed by atoms with Crippen LogP contribution in [0.15, 0.2) is 18.5 Å². The summed E-state index contributed by atoms with van der Waals surface area (Å²) >= 11 is 0. The molecule has 4 heterocycles. The molecule has 1 amide bonds. The maximum Gasteiger partial charge on any atom is 0.223 e. The third kappa shape index (κ3) is 3.94. The van der Waals surface area contributed by atoms with Crippen molar-refractivity contribution >= 4 is 17.4 Å². The fourth-order valence-electron chi connectivity index (χ4n) is 4.12. The molecule has 3 aromatic rings. The average Bonchev–Trinajstić information content (AvgIpc) is 3.32. The van der Waals surface area contributed by atoms with Crippen LogP contribution in [0.1, 0.15) is 36.7 Å². The first kappa shape index (κ1) is 19.4. The second-order valence-electron chi connectivity index (χ2n) is 7.59. The summed E-state index contributed by atoms with van der Waals surface area (Å²) in [6, 6.07) is 3.88. The Morgan fingerprint density at radius 1 is 1.21 bits per heavy atom. The van der Waals surface area contributed by atoms with E-state index in [-0.39, 0.29) is 11.8 Å². The summed E-state index contributed by atoms with van der Waals surface area (Å²) in [5, 5.41) is 20.1. The topological polar surface area (TPSA) is 93.2 Å². The zero-order valence-corrected chi connectivity index (χ0v) is 17.3. The van der Waals surface area contributed by atoms with Crippen LogP contribution in [0.25, 0.3) is 5.65 Å². The van der Waals surface area contributed by atoms with Crippen LogP contribution in [0.4, 0.5) is 5.82 Å². The lowest BCUT2D eigenvalue weighted by Crippen LogP contribution is -2.41. The number of carbonyl (C=O) groups is 1. The van der Waals surface area contributed by atoms with E-state index in [9.17, 15) is 4.79 Å². The molecule has 1 aliphatic rings. The van der Waals surface area contributed by atoms with Gasteiger partial charge in [0.2, 0.25) is 5.91 Å². The SMILES string of the molecule is CCn1nc(C)c(CCNC(=O)C2CCN(c3ccc4nncn4n3)CC2)c1C. The van der Waals surface area contributed by atoms with Gasteiger partial charge in [0.15, 0.2) is 5.65 Å². The molecule has 3 aromatic heterocycles. The summed E-state index contributed by atoms with van der Waals surface area (Å²) in [6.07, 6.45) is 4.09. The number of aromatic nitrogens is 6. The molecule has 0 unspecified atom stereocenters. The van der Waals surface area contributed by atoms with Crippen LogP contribution in [-0.4, -0.2) is 55.1 Å². The van der Waals surface area contributed by atoms with Gasteiger partial charge in [-0.15, -0.1) is 15.3 Å². The highest BCUT2D eigenvalue weighted by Crippen LogP contribution is 2.22. The van der Waals surface area contributed by atoms with Gasteiger partial charge < -0.3 is 10.2 Å². The fraction of sp³-hybridized carbons (Fsp3) is 0.550. The zero-order valence-electron chi connectivity index (χ0n) is 17.3. The van der Waals surface area contributed by atoms with Gasteiger partial charge in [-0.25, -0.2) is 0 Å². The predicted octanol–water partition coefficient (Wildman–Crippen LogP) is 1.53. The van der Waals surface area contributed by atoms with Crippen molar-refractivity contribution in [3.8, 4) is 0 Å². The summed E-state index contributed by atoms with van der Waals surface area (Å²) in [5.74, 6) is 1.12. The van der Waals surface area contributed by atoms with Crippen LogP contribution in [0, 0.1) is 19.8 Å². The minimum absolute atomic E-state index is 0.0606. The first-order valence-electron chi connectivity index (χ1n) is 10.3. The quantitative estimate of drug-likeness (QED) is 0.679. The van der Waals surface area contributed by atoms with Gasteiger partial charge in [-0.3, -0.25) is 9.48 Å². The molecular weight excluding hydrogens is 368 g/mol. The molecule has 29 heavy (non-hydrogen) atoms. The smallest absolute Gasteiger partial charge is 0.223 e. The molecule has 0 radical (unpaired) electrons. The minimum Gasteiger partial charge on any atom is -0.356 e. The van der Waals surface area contributed by atoms with E-state index in [0.29, 0.717) is 6.54 Å². The van der Waals surface area contributed by atoms with Gasteiger partial charge >= 0.3 is 0 Å². The van der Waals surface area contributed by atoms with Crippen molar-refractivity contribution in [1.82, 2.24) is 34.9 Å². The molecule has 0 aromatic carbocycles. The molecule has 154 valence electrons. The molecule has 0 atom stereocenters. The molecule has 0 spiro atoms. The Bertz CT molecular complexity index is 999. The number of hydrogen-bond donors (Lipinski definition) is 1. The highest BCUT2D eigenvalue weighted by Gasteiger charge is 2.25. The van der Waals surface area contributed by atoms with Gasteiger partial charge in [-0.1, -0.05) is 0 Å². The number of piperidine rings is 1. The summed E-state index contributed by atoms with van der Waals surface area (Å²) in [7, 11) is 0. The lowest BCUT2D eigenvalue weighted by Gasteiger charge is -2.32. The number of aryl methyl sites for hydroxylation is 2. The molecule has 1 aliphatic heterocycles. The number of nitrogens with one attached hydrogen (secondary N) is 1. The highest BCUT2D eigenvalue weighted by molar-refractivity contribution is 5.79. The van der Waals surface area contributed by atoms with Crippen molar-refractivity contribution in [2.24, 2.45) is 5.92 Å². The first-order chi connectivity index (χ1) is 14.1. The van der Waals surface area contributed by atoms with Gasteiger partial charge in [-0.2, -0.15) is 9.61 Å². The van der Waals surface area contributed by atoms with Crippen molar-refractivity contribution in [3.63, 3.8) is 0 Å². The third-order valence-corrected chi connectivity index (χ3v) is 5.84.